The number of carbonyl (C=O) groups is 1. The van der Waals surface area contributed by atoms with E-state index in [9.17, 15) is 9.00 Å². The molecule has 0 aliphatic carbocycles. The van der Waals surface area contributed by atoms with Gasteiger partial charge in [0.2, 0.25) is 5.91 Å². The Bertz CT molecular complexity index is 1190. The van der Waals surface area contributed by atoms with Crippen LogP contribution in [0, 0.1) is 0 Å². The summed E-state index contributed by atoms with van der Waals surface area (Å²) in [5.41, 5.74) is 2.29. The van der Waals surface area contributed by atoms with Crippen LogP contribution in [0.1, 0.15) is 5.82 Å². The van der Waals surface area contributed by atoms with E-state index >= 15 is 0 Å². The summed E-state index contributed by atoms with van der Waals surface area (Å²) in [5, 5.41) is 2.89. The van der Waals surface area contributed by atoms with Gasteiger partial charge in [-0.2, -0.15) is 0 Å². The lowest BCUT2D eigenvalue weighted by Gasteiger charge is -2.11. The number of methoxy groups -OCH3 is 1. The number of para-hydroxylation sites is 2. The van der Waals surface area contributed by atoms with E-state index in [2.05, 4.69) is 10.3 Å². The van der Waals surface area contributed by atoms with E-state index in [0.29, 0.717) is 11.5 Å². The quantitative estimate of drug-likeness (QED) is 0.492. The third-order valence-electron chi connectivity index (χ3n) is 4.68. The highest BCUT2D eigenvalue weighted by atomic mass is 32.2. The Morgan fingerprint density at radius 1 is 1.00 bits per heavy atom. The molecule has 0 unspecified atom stereocenters. The van der Waals surface area contributed by atoms with E-state index in [4.69, 9.17) is 4.74 Å². The first kappa shape index (κ1) is 19.8. The molecule has 0 fully saturated rings. The number of rotatable bonds is 7. The summed E-state index contributed by atoms with van der Waals surface area (Å²) in [6, 6.07) is 24.0. The number of hydrogen-bond donors (Lipinski definition) is 1. The summed E-state index contributed by atoms with van der Waals surface area (Å²) in [7, 11) is 0.339. The van der Waals surface area contributed by atoms with Gasteiger partial charge in [0.05, 0.1) is 34.7 Å². The Labute approximate surface area is 177 Å². The van der Waals surface area contributed by atoms with Gasteiger partial charge in [-0.15, -0.1) is 0 Å². The first-order valence-corrected chi connectivity index (χ1v) is 10.8. The molecule has 0 saturated carbocycles. The molecule has 0 bridgehead atoms. The SMILES string of the molecule is COc1ccc(NC(=O)Cn2c(C[S@](=O)c3ccccc3)nc3ccccc32)cc1. The Balaban J connectivity index is 1.58. The van der Waals surface area contributed by atoms with Gasteiger partial charge < -0.3 is 14.6 Å². The van der Waals surface area contributed by atoms with Gasteiger partial charge in [0, 0.05) is 10.6 Å². The van der Waals surface area contributed by atoms with Gasteiger partial charge in [-0.05, 0) is 48.5 Å². The van der Waals surface area contributed by atoms with Crippen molar-refractivity contribution >= 4 is 33.4 Å². The Morgan fingerprint density at radius 3 is 2.43 bits per heavy atom. The molecule has 0 aliphatic heterocycles. The average Bonchev–Trinajstić information content (AvgIpc) is 3.11. The van der Waals surface area contributed by atoms with Crippen molar-refractivity contribution in [3.63, 3.8) is 0 Å². The van der Waals surface area contributed by atoms with Gasteiger partial charge in [0.15, 0.2) is 0 Å². The standard InChI is InChI=1S/C23H21N3O3S/c1-29-18-13-11-17(12-14-18)24-23(27)15-26-21-10-6-5-9-20(21)25-22(26)16-30(28)19-7-3-2-4-8-19/h2-14H,15-16H2,1H3,(H,24,27)/t30-/m0/s1. The summed E-state index contributed by atoms with van der Waals surface area (Å²) in [6.45, 7) is 0.0772. The molecular formula is C23H21N3O3S. The summed E-state index contributed by atoms with van der Waals surface area (Å²) >= 11 is 0. The summed E-state index contributed by atoms with van der Waals surface area (Å²) in [6.07, 6.45) is 0. The van der Waals surface area contributed by atoms with Gasteiger partial charge in [0.25, 0.3) is 0 Å². The topological polar surface area (TPSA) is 73.2 Å². The number of amides is 1. The lowest BCUT2D eigenvalue weighted by Crippen LogP contribution is -2.20. The van der Waals surface area contributed by atoms with Gasteiger partial charge in [0.1, 0.15) is 18.1 Å². The van der Waals surface area contributed by atoms with E-state index in [1.807, 2.05) is 59.2 Å². The summed E-state index contributed by atoms with van der Waals surface area (Å²) in [5.74, 6) is 1.38. The van der Waals surface area contributed by atoms with Gasteiger partial charge in [-0.3, -0.25) is 9.00 Å². The zero-order valence-electron chi connectivity index (χ0n) is 16.4. The van der Waals surface area contributed by atoms with Crippen molar-refractivity contribution in [1.82, 2.24) is 9.55 Å². The molecule has 7 heteroatoms. The maximum Gasteiger partial charge on any atom is 0.244 e. The second kappa shape index (κ2) is 8.92. The molecule has 1 atom stereocenters. The zero-order valence-corrected chi connectivity index (χ0v) is 17.3. The molecule has 1 heterocycles. The van der Waals surface area contributed by atoms with Gasteiger partial charge in [-0.25, -0.2) is 4.98 Å². The number of nitrogens with one attached hydrogen (secondary N) is 1. The van der Waals surface area contributed by atoms with E-state index < -0.39 is 10.8 Å². The van der Waals surface area contributed by atoms with Gasteiger partial charge >= 0.3 is 0 Å². The van der Waals surface area contributed by atoms with E-state index in [-0.39, 0.29) is 18.2 Å². The van der Waals surface area contributed by atoms with Crippen molar-refractivity contribution in [1.29, 1.82) is 0 Å². The number of hydrogen-bond acceptors (Lipinski definition) is 4. The van der Waals surface area contributed by atoms with Crippen LogP contribution in [0.2, 0.25) is 0 Å². The summed E-state index contributed by atoms with van der Waals surface area (Å²) < 4.78 is 19.8. The number of imidazole rings is 1. The molecule has 4 aromatic rings. The predicted octanol–water partition coefficient (Wildman–Crippen LogP) is 3.99. The maximum atomic E-state index is 12.8. The van der Waals surface area contributed by atoms with Crippen molar-refractivity contribution in [2.24, 2.45) is 0 Å². The molecule has 1 aromatic heterocycles. The maximum absolute atomic E-state index is 12.8. The number of benzene rings is 3. The zero-order chi connectivity index (χ0) is 20.9. The molecule has 6 nitrogen and oxygen atoms in total. The fourth-order valence-electron chi connectivity index (χ4n) is 3.20. The predicted molar refractivity (Wildman–Crippen MR) is 118 cm³/mol. The molecule has 0 spiro atoms. The number of anilines is 1. The fraction of sp³-hybridized carbons (Fsp3) is 0.130. The highest BCUT2D eigenvalue weighted by Gasteiger charge is 2.16. The van der Waals surface area contributed by atoms with E-state index in [0.717, 1.165) is 21.7 Å². The molecule has 1 N–H and O–H groups in total. The fourth-order valence-corrected chi connectivity index (χ4v) is 4.29. The molecule has 0 saturated heterocycles. The summed E-state index contributed by atoms with van der Waals surface area (Å²) in [4.78, 5) is 18.1. The van der Waals surface area contributed by atoms with Crippen molar-refractivity contribution in [2.75, 3.05) is 12.4 Å². The number of nitrogens with zero attached hydrogens (tertiary/aromatic N) is 2. The highest BCUT2D eigenvalue weighted by Crippen LogP contribution is 2.20. The van der Waals surface area contributed by atoms with Crippen LogP contribution in [0.15, 0.2) is 83.8 Å². The minimum atomic E-state index is -1.26. The van der Waals surface area contributed by atoms with Crippen molar-refractivity contribution in [3.05, 3.63) is 84.7 Å². The van der Waals surface area contributed by atoms with Crippen molar-refractivity contribution in [3.8, 4) is 5.75 Å². The number of fused-ring (bicyclic) bond motifs is 1. The molecule has 30 heavy (non-hydrogen) atoms. The highest BCUT2D eigenvalue weighted by molar-refractivity contribution is 7.84. The lowest BCUT2D eigenvalue weighted by atomic mass is 10.3. The van der Waals surface area contributed by atoms with Crippen LogP contribution in [0.4, 0.5) is 5.69 Å². The Kier molecular flexibility index (Phi) is 5.90. The number of ether oxygens (including phenoxy) is 1. The van der Waals surface area contributed by atoms with Crippen LogP contribution in [0.25, 0.3) is 11.0 Å². The van der Waals surface area contributed by atoms with Crippen LogP contribution in [0.3, 0.4) is 0 Å². The van der Waals surface area contributed by atoms with Crippen LogP contribution in [0.5, 0.6) is 5.75 Å². The molecular weight excluding hydrogens is 398 g/mol. The van der Waals surface area contributed by atoms with Crippen molar-refractivity contribution in [2.45, 2.75) is 17.2 Å². The smallest absolute Gasteiger partial charge is 0.244 e. The van der Waals surface area contributed by atoms with Gasteiger partial charge in [-0.1, -0.05) is 30.3 Å². The van der Waals surface area contributed by atoms with Crippen LogP contribution < -0.4 is 10.1 Å². The van der Waals surface area contributed by atoms with E-state index in [1.165, 1.54) is 0 Å². The number of carbonyl (C=O) groups excluding carboxylic acids is 1. The Hall–Kier alpha value is -3.45. The van der Waals surface area contributed by atoms with Crippen LogP contribution in [-0.4, -0.2) is 26.8 Å². The lowest BCUT2D eigenvalue weighted by molar-refractivity contribution is -0.116. The second-order valence-electron chi connectivity index (χ2n) is 6.68. The Morgan fingerprint density at radius 2 is 1.70 bits per heavy atom. The minimum Gasteiger partial charge on any atom is -0.497 e. The molecule has 152 valence electrons. The average molecular weight is 420 g/mol. The molecule has 1 amide bonds. The first-order chi connectivity index (χ1) is 14.6. The largest absolute Gasteiger partial charge is 0.497 e. The molecule has 4 rings (SSSR count). The van der Waals surface area contributed by atoms with Crippen LogP contribution in [-0.2, 0) is 27.9 Å². The third kappa shape index (κ3) is 4.41. The molecule has 0 aliphatic rings. The molecule has 0 radical (unpaired) electrons. The minimum absolute atomic E-state index is 0.0772. The number of aromatic nitrogens is 2. The van der Waals surface area contributed by atoms with E-state index in [1.54, 1.807) is 31.4 Å². The normalized spacial score (nSPS) is 11.9. The first-order valence-electron chi connectivity index (χ1n) is 9.45. The van der Waals surface area contributed by atoms with Crippen molar-refractivity contribution < 1.29 is 13.7 Å². The second-order valence-corrected chi connectivity index (χ2v) is 8.13. The third-order valence-corrected chi connectivity index (χ3v) is 5.99. The molecule has 3 aromatic carbocycles. The van der Waals surface area contributed by atoms with Crippen LogP contribution >= 0.6 is 0 Å². The monoisotopic (exact) mass is 419 g/mol.